The zero-order valence-corrected chi connectivity index (χ0v) is 13.2. The molecule has 0 amide bonds. The second kappa shape index (κ2) is 6.08. The average Bonchev–Trinajstić information content (AvgIpc) is 3.06. The minimum absolute atomic E-state index is 0.0587. The van der Waals surface area contributed by atoms with E-state index in [1.165, 1.54) is 11.3 Å². The van der Waals surface area contributed by atoms with Crippen molar-refractivity contribution in [3.05, 3.63) is 45.4 Å². The monoisotopic (exact) mass is 335 g/mol. The minimum Gasteiger partial charge on any atom is -0.510 e. The number of hydrogen-bond acceptors (Lipinski definition) is 5. The number of β-amino-alcohol motifs (C(OH)–C–C–N with tert-alkyl or cyclic N) is 1. The second-order valence-corrected chi connectivity index (χ2v) is 6.15. The van der Waals surface area contributed by atoms with Crippen LogP contribution in [0.2, 0.25) is 5.02 Å². The van der Waals surface area contributed by atoms with Crippen LogP contribution in [0.1, 0.15) is 5.01 Å². The number of aromatic nitrogens is 1. The number of rotatable bonds is 4. The Balaban J connectivity index is 1.89. The third-order valence-electron chi connectivity index (χ3n) is 3.41. The van der Waals surface area contributed by atoms with Crippen molar-refractivity contribution in [3.63, 3.8) is 0 Å². The van der Waals surface area contributed by atoms with E-state index in [-0.39, 0.29) is 24.7 Å². The second-order valence-electron chi connectivity index (χ2n) is 4.86. The smallest absolute Gasteiger partial charge is 0.135 e. The largest absolute Gasteiger partial charge is 0.510 e. The maximum atomic E-state index is 10.1. The van der Waals surface area contributed by atoms with Crippen LogP contribution in [0.25, 0.3) is 16.8 Å². The Bertz CT molecular complexity index is 740. The van der Waals surface area contributed by atoms with Gasteiger partial charge in [-0.15, -0.1) is 11.3 Å². The summed E-state index contributed by atoms with van der Waals surface area (Å²) in [4.78, 5) is 6.13. The normalized spacial score (nSPS) is 15.0. The Morgan fingerprint density at radius 2 is 2.05 bits per heavy atom. The highest BCUT2D eigenvalue weighted by Gasteiger charge is 2.29. The third kappa shape index (κ3) is 2.72. The molecule has 0 saturated heterocycles. The highest BCUT2D eigenvalue weighted by Crippen LogP contribution is 2.32. The van der Waals surface area contributed by atoms with Gasteiger partial charge in [0.15, 0.2) is 0 Å². The molecule has 1 aromatic carbocycles. The molecule has 2 heterocycles. The number of nitrogens with one attached hydrogen (secondary N) is 1. The number of amidine groups is 1. The predicted molar refractivity (Wildman–Crippen MR) is 88.5 cm³/mol. The lowest BCUT2D eigenvalue weighted by molar-refractivity contribution is 0.248. The number of benzene rings is 1. The van der Waals surface area contributed by atoms with Crippen LogP contribution < -0.4 is 0 Å². The molecule has 1 aliphatic rings. The van der Waals surface area contributed by atoms with E-state index in [1.807, 2.05) is 17.5 Å². The quantitative estimate of drug-likeness (QED) is 0.802. The summed E-state index contributed by atoms with van der Waals surface area (Å²) >= 11 is 7.26. The fraction of sp³-hybridized carbons (Fsp3) is 0.200. The van der Waals surface area contributed by atoms with Crippen molar-refractivity contribution in [3.8, 4) is 11.3 Å². The summed E-state index contributed by atoms with van der Waals surface area (Å²) < 4.78 is 0. The first kappa shape index (κ1) is 15.0. The van der Waals surface area contributed by atoms with Crippen LogP contribution >= 0.6 is 22.9 Å². The molecule has 7 heteroatoms. The zero-order chi connectivity index (χ0) is 15.7. The maximum Gasteiger partial charge on any atom is 0.135 e. The van der Waals surface area contributed by atoms with Gasteiger partial charge in [-0.1, -0.05) is 23.7 Å². The number of aliphatic hydroxyl groups excluding tert-OH is 2. The molecule has 1 aromatic heterocycles. The zero-order valence-electron chi connectivity index (χ0n) is 11.6. The standard InChI is InChI=1S/C15H14ClN3O2S/c16-10-3-1-9(2-4-10)11-8-22-15(18-11)13-12(21)7-19(5-6-20)14(13)17/h1-4,8,17,20-21H,5-7H2. The molecular formula is C15H14ClN3O2S. The van der Waals surface area contributed by atoms with E-state index in [0.717, 1.165) is 11.3 Å². The van der Waals surface area contributed by atoms with Gasteiger partial charge in [0.25, 0.3) is 0 Å². The van der Waals surface area contributed by atoms with E-state index >= 15 is 0 Å². The summed E-state index contributed by atoms with van der Waals surface area (Å²) in [5, 5.41) is 30.4. The molecule has 0 saturated carbocycles. The van der Waals surface area contributed by atoms with Crippen molar-refractivity contribution >= 4 is 34.3 Å². The van der Waals surface area contributed by atoms with Crippen molar-refractivity contribution in [2.75, 3.05) is 19.7 Å². The number of nitrogens with zero attached hydrogens (tertiary/aromatic N) is 2. The van der Waals surface area contributed by atoms with Gasteiger partial charge >= 0.3 is 0 Å². The Labute approximate surface area is 136 Å². The van der Waals surface area contributed by atoms with Crippen molar-refractivity contribution in [2.24, 2.45) is 0 Å². The third-order valence-corrected chi connectivity index (χ3v) is 4.52. The van der Waals surface area contributed by atoms with Gasteiger partial charge in [-0.25, -0.2) is 4.98 Å². The SMILES string of the molecule is N=C1C(c2nc(-c3ccc(Cl)cc3)cs2)=C(O)CN1CCO. The van der Waals surface area contributed by atoms with Crippen LogP contribution in [0.4, 0.5) is 0 Å². The molecule has 0 fully saturated rings. The predicted octanol–water partition coefficient (Wildman–Crippen LogP) is 3.02. The molecule has 0 spiro atoms. The van der Waals surface area contributed by atoms with E-state index in [1.54, 1.807) is 17.0 Å². The lowest BCUT2D eigenvalue weighted by Gasteiger charge is -2.16. The fourth-order valence-corrected chi connectivity index (χ4v) is 3.33. The Hall–Kier alpha value is -1.89. The number of aliphatic hydroxyl groups is 2. The molecule has 114 valence electrons. The fourth-order valence-electron chi connectivity index (χ4n) is 2.31. The highest BCUT2D eigenvalue weighted by molar-refractivity contribution is 7.11. The Morgan fingerprint density at radius 3 is 2.73 bits per heavy atom. The molecule has 0 aliphatic carbocycles. The summed E-state index contributed by atoms with van der Waals surface area (Å²) in [6.45, 7) is 0.503. The van der Waals surface area contributed by atoms with Crippen LogP contribution in [0.3, 0.4) is 0 Å². The van der Waals surface area contributed by atoms with Gasteiger partial charge in [0.1, 0.15) is 16.6 Å². The van der Waals surface area contributed by atoms with Gasteiger partial charge in [0, 0.05) is 22.5 Å². The maximum absolute atomic E-state index is 10.1. The molecule has 0 unspecified atom stereocenters. The van der Waals surface area contributed by atoms with Gasteiger partial charge in [-0.2, -0.15) is 0 Å². The van der Waals surface area contributed by atoms with E-state index in [4.69, 9.17) is 22.1 Å². The molecule has 3 rings (SSSR count). The number of thiazole rings is 1. The highest BCUT2D eigenvalue weighted by atomic mass is 35.5. The van der Waals surface area contributed by atoms with Crippen LogP contribution in [-0.4, -0.2) is 45.6 Å². The molecule has 1 aliphatic heterocycles. The molecule has 0 atom stereocenters. The first-order valence-corrected chi connectivity index (χ1v) is 7.94. The molecule has 0 bridgehead atoms. The van der Waals surface area contributed by atoms with Crippen molar-refractivity contribution < 1.29 is 10.2 Å². The molecule has 2 aromatic rings. The van der Waals surface area contributed by atoms with E-state index in [0.29, 0.717) is 22.1 Å². The van der Waals surface area contributed by atoms with Gasteiger partial charge < -0.3 is 15.1 Å². The van der Waals surface area contributed by atoms with Crippen molar-refractivity contribution in [2.45, 2.75) is 0 Å². The molecule has 0 radical (unpaired) electrons. The molecule has 22 heavy (non-hydrogen) atoms. The summed E-state index contributed by atoms with van der Waals surface area (Å²) in [6, 6.07) is 7.36. The van der Waals surface area contributed by atoms with Crippen molar-refractivity contribution in [1.82, 2.24) is 9.88 Å². The van der Waals surface area contributed by atoms with E-state index in [2.05, 4.69) is 4.98 Å². The Morgan fingerprint density at radius 1 is 1.32 bits per heavy atom. The van der Waals surface area contributed by atoms with Crippen molar-refractivity contribution in [1.29, 1.82) is 5.41 Å². The summed E-state index contributed by atoms with van der Waals surface area (Å²) in [6.07, 6.45) is 0. The topological polar surface area (TPSA) is 80.4 Å². The minimum atomic E-state index is -0.0587. The number of halogens is 1. The van der Waals surface area contributed by atoms with Crippen LogP contribution in [0.5, 0.6) is 0 Å². The van der Waals surface area contributed by atoms with Crippen LogP contribution in [0.15, 0.2) is 35.4 Å². The Kier molecular flexibility index (Phi) is 4.15. The molecular weight excluding hydrogens is 322 g/mol. The lowest BCUT2D eigenvalue weighted by atomic mass is 10.2. The van der Waals surface area contributed by atoms with Gasteiger partial charge in [0.05, 0.1) is 24.4 Å². The summed E-state index contributed by atoms with van der Waals surface area (Å²) in [5.74, 6) is 0.319. The first-order valence-electron chi connectivity index (χ1n) is 6.69. The van der Waals surface area contributed by atoms with Gasteiger partial charge in [-0.05, 0) is 12.1 Å². The summed E-state index contributed by atoms with van der Waals surface area (Å²) in [7, 11) is 0. The van der Waals surface area contributed by atoms with Crippen LogP contribution in [-0.2, 0) is 0 Å². The molecule has 3 N–H and O–H groups in total. The van der Waals surface area contributed by atoms with Gasteiger partial charge in [-0.3, -0.25) is 5.41 Å². The first-order chi connectivity index (χ1) is 10.6. The van der Waals surface area contributed by atoms with E-state index < -0.39 is 0 Å². The number of hydrogen-bond donors (Lipinski definition) is 3. The summed E-state index contributed by atoms with van der Waals surface area (Å²) in [5.41, 5.74) is 2.16. The average molecular weight is 336 g/mol. The van der Waals surface area contributed by atoms with E-state index in [9.17, 15) is 5.11 Å². The van der Waals surface area contributed by atoms with Gasteiger partial charge in [0.2, 0.25) is 0 Å². The van der Waals surface area contributed by atoms with Crippen LogP contribution in [0, 0.1) is 5.41 Å². The lowest BCUT2D eigenvalue weighted by Crippen LogP contribution is -2.29. The molecule has 5 nitrogen and oxygen atoms in total.